The van der Waals surface area contributed by atoms with E-state index in [9.17, 15) is 27.6 Å². The molecule has 8 nitrogen and oxygen atoms in total. The summed E-state index contributed by atoms with van der Waals surface area (Å²) >= 11 is 0. The Morgan fingerprint density at radius 2 is 1.91 bits per heavy atom. The molecule has 1 atom stereocenters. The summed E-state index contributed by atoms with van der Waals surface area (Å²) in [4.78, 5) is 45.1. The number of carbonyl (C=O) groups is 3. The highest BCUT2D eigenvalue weighted by molar-refractivity contribution is 6.11. The van der Waals surface area contributed by atoms with Crippen molar-refractivity contribution in [2.75, 3.05) is 35.2 Å². The molecule has 2 aromatic rings. The van der Waals surface area contributed by atoms with E-state index >= 15 is 0 Å². The molecule has 0 radical (unpaired) electrons. The number of likely N-dealkylation sites (tertiary alicyclic amines) is 1. The number of benzene rings is 1. The smallest absolute Gasteiger partial charge is 0.323 e. The van der Waals surface area contributed by atoms with Crippen molar-refractivity contribution in [3.8, 4) is 0 Å². The molecule has 1 fully saturated rings. The van der Waals surface area contributed by atoms with Crippen LogP contribution in [-0.2, 0) is 20.6 Å². The Morgan fingerprint density at radius 3 is 2.56 bits per heavy atom. The molecule has 0 bridgehead atoms. The lowest BCUT2D eigenvalue weighted by atomic mass is 9.94. The monoisotopic (exact) mass is 475 g/mol. The van der Waals surface area contributed by atoms with Crippen molar-refractivity contribution < 1.29 is 27.6 Å². The highest BCUT2D eigenvalue weighted by Gasteiger charge is 2.37. The third kappa shape index (κ3) is 5.04. The molecule has 3 amide bonds. The highest BCUT2D eigenvalue weighted by Crippen LogP contribution is 2.37. The topological polar surface area (TPSA) is 94.6 Å². The molecule has 1 unspecified atom stereocenters. The minimum atomic E-state index is -4.56. The van der Waals surface area contributed by atoms with Crippen LogP contribution in [-0.4, -0.2) is 53.3 Å². The van der Waals surface area contributed by atoms with Crippen LogP contribution in [0.15, 0.2) is 42.6 Å². The fourth-order valence-electron chi connectivity index (χ4n) is 4.26. The second-order valence-corrected chi connectivity index (χ2v) is 8.39. The number of nitrogens with one attached hydrogen (secondary N) is 2. The van der Waals surface area contributed by atoms with Crippen LogP contribution in [0.5, 0.6) is 0 Å². The molecule has 1 aromatic carbocycles. The number of halogens is 3. The molecule has 0 spiro atoms. The van der Waals surface area contributed by atoms with Crippen molar-refractivity contribution in [3.05, 3.63) is 48.2 Å². The lowest BCUT2D eigenvalue weighted by Gasteiger charge is -2.38. The van der Waals surface area contributed by atoms with Gasteiger partial charge in [0, 0.05) is 12.1 Å². The number of pyridine rings is 1. The Labute approximate surface area is 194 Å². The summed E-state index contributed by atoms with van der Waals surface area (Å²) in [6.07, 6.45) is -1.88. The number of nitrogens with zero attached hydrogens (tertiary/aromatic N) is 3. The predicted molar refractivity (Wildman–Crippen MR) is 119 cm³/mol. The van der Waals surface area contributed by atoms with Crippen LogP contribution in [0.4, 0.5) is 30.4 Å². The van der Waals surface area contributed by atoms with E-state index in [1.807, 2.05) is 4.90 Å². The molecule has 0 aliphatic carbocycles. The quantitative estimate of drug-likeness (QED) is 0.709. The standard InChI is InChI=1S/C23H24F3N5O3/c1-14(30-10-7-15(8-11-30)21(33)29-19-4-2-3-9-27-19)22(34)31-13-20(32)28-17-12-16(23(24,25)26)5-6-18(17)31/h2-6,9,12,14-15H,7-8,10-11,13H2,1H3,(H,28,32)(H,27,29,33). The number of hydrogen-bond donors (Lipinski definition) is 2. The molecule has 2 N–H and O–H groups in total. The van der Waals surface area contributed by atoms with Gasteiger partial charge in [0.1, 0.15) is 12.4 Å². The molecule has 1 saturated heterocycles. The number of hydrogen-bond acceptors (Lipinski definition) is 5. The molecule has 4 rings (SSSR count). The number of alkyl halides is 3. The van der Waals surface area contributed by atoms with Crippen LogP contribution in [0, 0.1) is 5.92 Å². The van der Waals surface area contributed by atoms with Gasteiger partial charge in [0.25, 0.3) is 0 Å². The Morgan fingerprint density at radius 1 is 1.18 bits per heavy atom. The average Bonchev–Trinajstić information content (AvgIpc) is 2.82. The fourth-order valence-corrected chi connectivity index (χ4v) is 4.26. The van der Waals surface area contributed by atoms with E-state index in [1.165, 1.54) is 11.0 Å². The van der Waals surface area contributed by atoms with Gasteiger partial charge in [0.05, 0.1) is 23.0 Å². The van der Waals surface area contributed by atoms with Crippen molar-refractivity contribution in [1.82, 2.24) is 9.88 Å². The van der Waals surface area contributed by atoms with Crippen LogP contribution >= 0.6 is 0 Å². The first-order valence-corrected chi connectivity index (χ1v) is 10.9. The first-order chi connectivity index (χ1) is 16.1. The third-order valence-corrected chi connectivity index (χ3v) is 6.18. The molecule has 11 heteroatoms. The molecule has 0 saturated carbocycles. The Hall–Kier alpha value is -3.47. The van der Waals surface area contributed by atoms with Gasteiger partial charge in [0.2, 0.25) is 17.7 Å². The summed E-state index contributed by atoms with van der Waals surface area (Å²) in [6, 6.07) is 7.57. The van der Waals surface area contributed by atoms with Gasteiger partial charge in [0.15, 0.2) is 0 Å². The van der Waals surface area contributed by atoms with Gasteiger partial charge < -0.3 is 10.6 Å². The van der Waals surface area contributed by atoms with Gasteiger partial charge in [-0.15, -0.1) is 0 Å². The Balaban J connectivity index is 1.40. The van der Waals surface area contributed by atoms with Crippen LogP contribution < -0.4 is 15.5 Å². The SMILES string of the molecule is CC(C(=O)N1CC(=O)Nc2cc(C(F)(F)F)ccc21)N1CCC(C(=O)Nc2ccccn2)CC1. The van der Waals surface area contributed by atoms with Gasteiger partial charge in [-0.05, 0) is 63.2 Å². The van der Waals surface area contributed by atoms with E-state index in [0.29, 0.717) is 31.7 Å². The van der Waals surface area contributed by atoms with Crippen LogP contribution in [0.25, 0.3) is 0 Å². The second kappa shape index (κ2) is 9.41. The maximum Gasteiger partial charge on any atom is 0.416 e. The Kier molecular flexibility index (Phi) is 6.56. The molecule has 2 aliphatic heterocycles. The zero-order chi connectivity index (χ0) is 24.5. The first kappa shape index (κ1) is 23.7. The normalized spacial score (nSPS) is 18.1. The summed E-state index contributed by atoms with van der Waals surface area (Å²) in [5.41, 5.74) is -0.717. The van der Waals surface area contributed by atoms with Crippen molar-refractivity contribution in [2.24, 2.45) is 5.92 Å². The zero-order valence-electron chi connectivity index (χ0n) is 18.4. The van der Waals surface area contributed by atoms with Gasteiger partial charge in [-0.3, -0.25) is 24.2 Å². The van der Waals surface area contributed by atoms with Gasteiger partial charge in [-0.25, -0.2) is 4.98 Å². The minimum absolute atomic E-state index is 0.0449. The number of rotatable bonds is 4. The lowest BCUT2D eigenvalue weighted by Crippen LogP contribution is -2.53. The summed E-state index contributed by atoms with van der Waals surface area (Å²) in [6.45, 7) is 2.41. The van der Waals surface area contributed by atoms with Crippen LogP contribution in [0.1, 0.15) is 25.3 Å². The average molecular weight is 475 g/mol. The third-order valence-electron chi connectivity index (χ3n) is 6.18. The fraction of sp³-hybridized carbons (Fsp3) is 0.391. The van der Waals surface area contributed by atoms with Crippen molar-refractivity contribution in [3.63, 3.8) is 0 Å². The molecule has 1 aromatic heterocycles. The van der Waals surface area contributed by atoms with E-state index in [1.54, 1.807) is 31.3 Å². The van der Waals surface area contributed by atoms with E-state index in [-0.39, 0.29) is 35.7 Å². The van der Waals surface area contributed by atoms with Crippen LogP contribution in [0.3, 0.4) is 0 Å². The maximum absolute atomic E-state index is 13.2. The highest BCUT2D eigenvalue weighted by atomic mass is 19.4. The molecule has 2 aliphatic rings. The van der Waals surface area contributed by atoms with Crippen LogP contribution in [0.2, 0.25) is 0 Å². The summed E-state index contributed by atoms with van der Waals surface area (Å²) in [5.74, 6) is -0.805. The maximum atomic E-state index is 13.2. The largest absolute Gasteiger partial charge is 0.416 e. The van der Waals surface area contributed by atoms with E-state index in [0.717, 1.165) is 12.1 Å². The van der Waals surface area contributed by atoms with Crippen molar-refractivity contribution >= 4 is 34.9 Å². The number of carbonyl (C=O) groups excluding carboxylic acids is 3. The van der Waals surface area contributed by atoms with E-state index in [4.69, 9.17) is 0 Å². The number of aromatic nitrogens is 1. The summed E-state index contributed by atoms with van der Waals surface area (Å²) in [5, 5.41) is 5.21. The molecular weight excluding hydrogens is 451 g/mol. The summed E-state index contributed by atoms with van der Waals surface area (Å²) < 4.78 is 39.2. The number of anilines is 3. The van der Waals surface area contributed by atoms with E-state index < -0.39 is 23.7 Å². The minimum Gasteiger partial charge on any atom is -0.323 e. The molecule has 180 valence electrons. The molecular formula is C23H24F3N5O3. The van der Waals surface area contributed by atoms with Gasteiger partial charge in [-0.2, -0.15) is 13.2 Å². The predicted octanol–water partition coefficient (Wildman–Crippen LogP) is 3.12. The van der Waals surface area contributed by atoms with Crippen molar-refractivity contribution in [2.45, 2.75) is 32.0 Å². The summed E-state index contributed by atoms with van der Waals surface area (Å²) in [7, 11) is 0. The first-order valence-electron chi connectivity index (χ1n) is 10.9. The van der Waals surface area contributed by atoms with Crippen molar-refractivity contribution in [1.29, 1.82) is 0 Å². The van der Waals surface area contributed by atoms with Gasteiger partial charge >= 0.3 is 6.18 Å². The molecule has 34 heavy (non-hydrogen) atoms. The van der Waals surface area contributed by atoms with Gasteiger partial charge in [-0.1, -0.05) is 6.07 Å². The molecule has 3 heterocycles. The lowest BCUT2D eigenvalue weighted by molar-refractivity contribution is -0.137. The number of piperidine rings is 1. The second-order valence-electron chi connectivity index (χ2n) is 8.39. The Bertz CT molecular complexity index is 1090. The number of fused-ring (bicyclic) bond motifs is 1. The zero-order valence-corrected chi connectivity index (χ0v) is 18.4. The number of amides is 3. The van der Waals surface area contributed by atoms with E-state index in [2.05, 4.69) is 15.6 Å².